The molecule has 0 saturated carbocycles. The normalized spacial score (nSPS) is 22.8. The van der Waals surface area contributed by atoms with Gasteiger partial charge in [0.05, 0.1) is 36.3 Å². The van der Waals surface area contributed by atoms with Crippen LogP contribution in [0.1, 0.15) is 119 Å². The quantitative estimate of drug-likeness (QED) is 0.114. The molecule has 2 saturated heterocycles. The third-order valence-electron chi connectivity index (χ3n) is 14.0. The SMILES string of the molecule is CN1CCCC1C(=O)NC1CCCC2=C1C=CCC2.CNC(C)C(=O)NC(C=O)CC#Cc1ccc(CC(NC(=O)C(C)NC)C(=O)N2CCCC2C(=O)NC2CCCc3ccccc32)cc1. The van der Waals surface area contributed by atoms with Crippen molar-refractivity contribution >= 4 is 35.8 Å². The van der Waals surface area contributed by atoms with Gasteiger partial charge in [-0.15, -0.1) is 0 Å². The van der Waals surface area contributed by atoms with Gasteiger partial charge in [0.1, 0.15) is 18.4 Å². The van der Waals surface area contributed by atoms with Crippen LogP contribution in [-0.2, 0) is 41.6 Å². The molecule has 67 heavy (non-hydrogen) atoms. The number of rotatable bonds is 15. The Morgan fingerprint density at radius 2 is 1.42 bits per heavy atom. The summed E-state index contributed by atoms with van der Waals surface area (Å²) in [4.78, 5) is 80.4. The number of fused-ring (bicyclic) bond motifs is 1. The topological polar surface area (TPSA) is 181 Å². The first-order valence-corrected chi connectivity index (χ1v) is 24.5. The highest BCUT2D eigenvalue weighted by Gasteiger charge is 2.39. The molecular formula is C53H72N8O6. The minimum absolute atomic E-state index is 0.0845. The molecule has 7 rings (SSSR count). The molecule has 2 heterocycles. The first-order chi connectivity index (χ1) is 32.4. The molecule has 2 aliphatic heterocycles. The molecule has 0 spiro atoms. The highest BCUT2D eigenvalue weighted by molar-refractivity contribution is 5.94. The minimum Gasteiger partial charge on any atom is -0.348 e. The molecule has 5 aliphatic rings. The fourth-order valence-electron chi connectivity index (χ4n) is 9.79. The Balaban J connectivity index is 0.000000321. The molecule has 0 aromatic heterocycles. The van der Waals surface area contributed by atoms with Crippen LogP contribution in [0.4, 0.5) is 0 Å². The van der Waals surface area contributed by atoms with Gasteiger partial charge in [0.25, 0.3) is 0 Å². The molecule has 0 bridgehead atoms. The maximum absolute atomic E-state index is 14.1. The summed E-state index contributed by atoms with van der Waals surface area (Å²) in [5.41, 5.74) is 6.90. The smallest absolute Gasteiger partial charge is 0.246 e. The molecule has 14 nitrogen and oxygen atoms in total. The van der Waals surface area contributed by atoms with Gasteiger partial charge in [-0.3, -0.25) is 28.9 Å². The summed E-state index contributed by atoms with van der Waals surface area (Å²) in [5.74, 6) is 5.16. The van der Waals surface area contributed by atoms with Crippen molar-refractivity contribution in [2.45, 2.75) is 152 Å². The zero-order chi connectivity index (χ0) is 47.9. The Bertz CT molecular complexity index is 2200. The molecule has 2 fully saturated rings. The van der Waals surface area contributed by atoms with Crippen LogP contribution in [0.5, 0.6) is 0 Å². The highest BCUT2D eigenvalue weighted by atomic mass is 16.2. The Morgan fingerprint density at radius 3 is 2.13 bits per heavy atom. The van der Waals surface area contributed by atoms with Crippen LogP contribution >= 0.6 is 0 Å². The number of carbonyl (C=O) groups is 6. The van der Waals surface area contributed by atoms with E-state index >= 15 is 0 Å². The molecule has 8 unspecified atom stereocenters. The van der Waals surface area contributed by atoms with Crippen molar-refractivity contribution in [3.05, 3.63) is 94.1 Å². The second kappa shape index (κ2) is 24.9. The second-order valence-corrected chi connectivity index (χ2v) is 18.7. The summed E-state index contributed by atoms with van der Waals surface area (Å²) in [5, 5.41) is 17.8. The van der Waals surface area contributed by atoms with Crippen molar-refractivity contribution < 1.29 is 28.8 Å². The third kappa shape index (κ3) is 13.7. The maximum Gasteiger partial charge on any atom is 0.246 e. The average molecular weight is 917 g/mol. The zero-order valence-corrected chi connectivity index (χ0v) is 40.1. The maximum atomic E-state index is 14.1. The summed E-state index contributed by atoms with van der Waals surface area (Å²) < 4.78 is 0. The predicted octanol–water partition coefficient (Wildman–Crippen LogP) is 3.94. The fourth-order valence-corrected chi connectivity index (χ4v) is 9.79. The van der Waals surface area contributed by atoms with E-state index in [4.69, 9.17) is 0 Å². The highest BCUT2D eigenvalue weighted by Crippen LogP contribution is 2.33. The number of nitrogens with one attached hydrogen (secondary N) is 6. The van der Waals surface area contributed by atoms with Crippen LogP contribution in [-0.4, -0.2) is 122 Å². The van der Waals surface area contributed by atoms with Crippen molar-refractivity contribution in [1.82, 2.24) is 41.7 Å². The number of hydrogen-bond acceptors (Lipinski definition) is 9. The lowest BCUT2D eigenvalue weighted by Gasteiger charge is -2.32. The second-order valence-electron chi connectivity index (χ2n) is 18.7. The minimum atomic E-state index is -0.869. The number of hydrogen-bond donors (Lipinski definition) is 6. The van der Waals surface area contributed by atoms with Gasteiger partial charge in [0, 0.05) is 24.9 Å². The zero-order valence-electron chi connectivity index (χ0n) is 40.1. The van der Waals surface area contributed by atoms with Gasteiger partial charge in [-0.25, -0.2) is 0 Å². The largest absolute Gasteiger partial charge is 0.348 e. The van der Waals surface area contributed by atoms with Crippen molar-refractivity contribution in [1.29, 1.82) is 0 Å². The van der Waals surface area contributed by atoms with E-state index in [1.807, 2.05) is 36.4 Å². The van der Waals surface area contributed by atoms with Crippen molar-refractivity contribution in [2.24, 2.45) is 0 Å². The summed E-state index contributed by atoms with van der Waals surface area (Å²) >= 11 is 0. The first-order valence-electron chi connectivity index (χ1n) is 24.5. The van der Waals surface area contributed by atoms with Gasteiger partial charge in [0.2, 0.25) is 29.5 Å². The van der Waals surface area contributed by atoms with E-state index in [-0.39, 0.29) is 60.5 Å². The van der Waals surface area contributed by atoms with Gasteiger partial charge in [-0.2, -0.15) is 0 Å². The molecule has 2 aromatic rings. The van der Waals surface area contributed by atoms with Gasteiger partial charge in [0.15, 0.2) is 0 Å². The molecular weight excluding hydrogens is 845 g/mol. The number of aldehydes is 1. The summed E-state index contributed by atoms with van der Waals surface area (Å²) in [7, 11) is 5.40. The monoisotopic (exact) mass is 917 g/mol. The molecule has 6 N–H and O–H groups in total. The number of likely N-dealkylation sites (N-methyl/N-ethyl adjacent to an activating group) is 3. The van der Waals surface area contributed by atoms with Gasteiger partial charge < -0.3 is 41.6 Å². The molecule has 14 heteroatoms. The summed E-state index contributed by atoms with van der Waals surface area (Å²) in [6.45, 7) is 4.92. The lowest BCUT2D eigenvalue weighted by atomic mass is 9.82. The van der Waals surface area contributed by atoms with E-state index in [9.17, 15) is 28.8 Å². The number of carbonyl (C=O) groups excluding carboxylic acids is 6. The Kier molecular flexibility index (Phi) is 18.9. The number of benzene rings is 2. The molecule has 3 aliphatic carbocycles. The van der Waals surface area contributed by atoms with Crippen molar-refractivity contribution in [3.8, 4) is 11.8 Å². The van der Waals surface area contributed by atoms with Crippen LogP contribution in [0.3, 0.4) is 0 Å². The number of nitrogens with zero attached hydrogens (tertiary/aromatic N) is 2. The Morgan fingerprint density at radius 1 is 0.761 bits per heavy atom. The number of amides is 5. The van der Waals surface area contributed by atoms with Gasteiger partial charge in [-0.05, 0) is 153 Å². The fraction of sp³-hybridized carbons (Fsp3) is 0.547. The Hall–Kier alpha value is -5.62. The van der Waals surface area contributed by atoms with Crippen LogP contribution < -0.4 is 31.9 Å². The Labute approximate surface area is 397 Å². The van der Waals surface area contributed by atoms with E-state index in [1.54, 1.807) is 38.4 Å². The van der Waals surface area contributed by atoms with E-state index in [0.717, 1.165) is 56.2 Å². The van der Waals surface area contributed by atoms with Gasteiger partial charge in [-0.1, -0.05) is 66.0 Å². The van der Waals surface area contributed by atoms with Crippen LogP contribution in [0, 0.1) is 11.8 Å². The molecule has 0 radical (unpaired) electrons. The lowest BCUT2D eigenvalue weighted by Crippen LogP contribution is -2.56. The van der Waals surface area contributed by atoms with Crippen LogP contribution in [0.25, 0.3) is 0 Å². The lowest BCUT2D eigenvalue weighted by molar-refractivity contribution is -0.141. The molecule has 2 aromatic carbocycles. The first kappa shape index (κ1) is 50.8. The summed E-state index contributed by atoms with van der Waals surface area (Å²) in [6, 6.07) is 12.7. The molecule has 5 amide bonds. The number of aryl methyl sites for hydroxylation is 1. The van der Waals surface area contributed by atoms with E-state index in [1.165, 1.54) is 36.8 Å². The third-order valence-corrected chi connectivity index (χ3v) is 14.0. The standard InChI is InChI=1S/C37H48N6O5.C16H24N2O/c1-24(38-3)34(45)40-29(23-44)13-7-10-26-17-19-27(20-18-26)22-32(42-35(46)25(2)39-4)37(48)43-21-9-16-33(43)36(47)41-31-15-8-12-28-11-5-6-14-30(28)31;1-18-11-5-10-15(18)16(19)17-14-9-4-7-12-6-2-3-8-13(12)14/h5-6,11,14,17-20,23-25,29,31-33,38-39H,8-9,12-13,15-16,21-22H2,1-4H3,(H,40,45)(H,41,47)(H,42,46);3,8,14-15H,2,4-7,9-11H2,1H3,(H,17,19). The van der Waals surface area contributed by atoms with Gasteiger partial charge >= 0.3 is 0 Å². The van der Waals surface area contributed by atoms with E-state index in [0.29, 0.717) is 31.2 Å². The van der Waals surface area contributed by atoms with Crippen LogP contribution in [0.15, 0.2) is 71.8 Å². The van der Waals surface area contributed by atoms with Crippen LogP contribution in [0.2, 0.25) is 0 Å². The van der Waals surface area contributed by atoms with Crippen molar-refractivity contribution in [3.63, 3.8) is 0 Å². The predicted molar refractivity (Wildman–Crippen MR) is 260 cm³/mol. The van der Waals surface area contributed by atoms with E-state index < -0.39 is 30.2 Å². The number of allylic oxidation sites excluding steroid dienone is 2. The number of likely N-dealkylation sites (tertiary alicyclic amines) is 2. The molecule has 8 atom stereocenters. The van der Waals surface area contributed by atoms with Crippen molar-refractivity contribution in [2.75, 3.05) is 34.2 Å². The average Bonchev–Trinajstić information content (AvgIpc) is 4.03. The molecule has 360 valence electrons. The van der Waals surface area contributed by atoms with E-state index in [2.05, 4.69) is 80.0 Å². The summed E-state index contributed by atoms with van der Waals surface area (Å²) in [6.07, 6.45) is 17.8.